The van der Waals surface area contributed by atoms with Crippen LogP contribution >= 0.6 is 0 Å². The summed E-state index contributed by atoms with van der Waals surface area (Å²) in [5.41, 5.74) is 1.60. The predicted octanol–water partition coefficient (Wildman–Crippen LogP) is 0.464. The van der Waals surface area contributed by atoms with Crippen LogP contribution in [0.2, 0.25) is 0 Å². The molecule has 5 nitrogen and oxygen atoms in total. The second-order valence-electron chi connectivity index (χ2n) is 4.51. The van der Waals surface area contributed by atoms with Crippen molar-refractivity contribution in [2.24, 2.45) is 7.05 Å². The van der Waals surface area contributed by atoms with Gasteiger partial charge in [0.1, 0.15) is 5.69 Å². The van der Waals surface area contributed by atoms with Crippen molar-refractivity contribution in [2.75, 3.05) is 13.1 Å². The summed E-state index contributed by atoms with van der Waals surface area (Å²) in [4.78, 5) is 12.1. The Morgan fingerprint density at radius 1 is 1.71 bits per heavy atom. The molecule has 2 rings (SSSR count). The van der Waals surface area contributed by atoms with Gasteiger partial charge in [0.25, 0.3) is 5.91 Å². The van der Waals surface area contributed by atoms with Crippen molar-refractivity contribution >= 4 is 5.91 Å². The summed E-state index contributed by atoms with van der Waals surface area (Å²) < 4.78 is 1.66. The Hall–Kier alpha value is -1.36. The molecule has 0 saturated carbocycles. The molecule has 1 aromatic rings. The lowest BCUT2D eigenvalue weighted by Gasteiger charge is -2.23. The normalized spacial score (nSPS) is 20.2. The molecule has 0 unspecified atom stereocenters. The molecule has 5 heteroatoms. The summed E-state index contributed by atoms with van der Waals surface area (Å²) in [5, 5.41) is 10.6. The molecular weight excluding hydrogens is 216 g/mol. The molecule has 17 heavy (non-hydrogen) atoms. The smallest absolute Gasteiger partial charge is 0.269 e. The molecule has 0 aromatic carbocycles. The van der Waals surface area contributed by atoms with E-state index in [1.807, 2.05) is 20.0 Å². The predicted molar refractivity (Wildman–Crippen MR) is 65.9 cm³/mol. The van der Waals surface area contributed by atoms with Gasteiger partial charge in [-0.25, -0.2) is 0 Å². The summed E-state index contributed by atoms with van der Waals surface area (Å²) in [7, 11) is 1.81. The maximum absolute atomic E-state index is 12.1. The van der Waals surface area contributed by atoms with E-state index in [4.69, 9.17) is 0 Å². The Morgan fingerprint density at radius 2 is 2.53 bits per heavy atom. The molecule has 0 aliphatic carbocycles. The Bertz CT molecular complexity index is 393. The number of nitrogens with one attached hydrogen (secondary N) is 2. The number of aryl methyl sites for hydroxylation is 2. The van der Waals surface area contributed by atoms with Gasteiger partial charge < -0.3 is 10.6 Å². The minimum atomic E-state index is -0.0200. The molecule has 0 spiro atoms. The summed E-state index contributed by atoms with van der Waals surface area (Å²) >= 11 is 0. The van der Waals surface area contributed by atoms with Crippen molar-refractivity contribution in [3.63, 3.8) is 0 Å². The molecular formula is C12H20N4O. The number of rotatable bonds is 3. The minimum Gasteiger partial charge on any atom is -0.347 e. The monoisotopic (exact) mass is 236 g/mol. The summed E-state index contributed by atoms with van der Waals surface area (Å²) in [6, 6.07) is 2.11. The highest BCUT2D eigenvalue weighted by molar-refractivity contribution is 5.92. The van der Waals surface area contributed by atoms with Crippen LogP contribution in [0.15, 0.2) is 6.07 Å². The van der Waals surface area contributed by atoms with Crippen LogP contribution in [-0.4, -0.2) is 34.8 Å². The van der Waals surface area contributed by atoms with Gasteiger partial charge in [-0.15, -0.1) is 0 Å². The third kappa shape index (κ3) is 2.85. The van der Waals surface area contributed by atoms with Crippen molar-refractivity contribution in [2.45, 2.75) is 32.2 Å². The molecule has 2 N–H and O–H groups in total. The summed E-state index contributed by atoms with van der Waals surface area (Å²) in [6.45, 7) is 3.96. The largest absolute Gasteiger partial charge is 0.347 e. The van der Waals surface area contributed by atoms with Crippen molar-refractivity contribution in [1.82, 2.24) is 20.4 Å². The van der Waals surface area contributed by atoms with E-state index in [0.29, 0.717) is 5.69 Å². The van der Waals surface area contributed by atoms with Gasteiger partial charge in [-0.3, -0.25) is 9.48 Å². The number of carbonyl (C=O) groups is 1. The van der Waals surface area contributed by atoms with E-state index >= 15 is 0 Å². The highest BCUT2D eigenvalue weighted by Gasteiger charge is 2.18. The lowest BCUT2D eigenvalue weighted by Crippen LogP contribution is -2.46. The van der Waals surface area contributed by atoms with Crippen LogP contribution < -0.4 is 10.6 Å². The third-order valence-electron chi connectivity index (χ3n) is 3.16. The molecule has 1 amide bonds. The molecule has 1 fully saturated rings. The average molecular weight is 236 g/mol. The van der Waals surface area contributed by atoms with Crippen LogP contribution in [0.5, 0.6) is 0 Å². The fourth-order valence-corrected chi connectivity index (χ4v) is 2.15. The first-order valence-corrected chi connectivity index (χ1v) is 6.25. The van der Waals surface area contributed by atoms with E-state index in [-0.39, 0.29) is 11.9 Å². The van der Waals surface area contributed by atoms with Gasteiger partial charge in [0.2, 0.25) is 0 Å². The zero-order chi connectivity index (χ0) is 12.3. The maximum atomic E-state index is 12.1. The standard InChI is InChI=1S/C12H20N4O/c1-3-9-7-11(16(2)15-9)12(17)14-10-5-4-6-13-8-10/h7,10,13H,3-6,8H2,1-2H3,(H,14,17)/t10-/m0/s1. The Morgan fingerprint density at radius 3 is 3.12 bits per heavy atom. The zero-order valence-electron chi connectivity index (χ0n) is 10.5. The summed E-state index contributed by atoms with van der Waals surface area (Å²) in [5.74, 6) is -0.0200. The molecule has 1 aliphatic heterocycles. The van der Waals surface area contributed by atoms with Gasteiger partial charge in [0, 0.05) is 19.6 Å². The molecule has 1 aliphatic rings. The van der Waals surface area contributed by atoms with Crippen LogP contribution in [0.3, 0.4) is 0 Å². The number of hydrogen-bond donors (Lipinski definition) is 2. The van der Waals surface area contributed by atoms with Crippen LogP contribution in [0.4, 0.5) is 0 Å². The first-order chi connectivity index (χ1) is 8.20. The van der Waals surface area contributed by atoms with Crippen molar-refractivity contribution in [3.8, 4) is 0 Å². The van der Waals surface area contributed by atoms with E-state index in [9.17, 15) is 4.79 Å². The highest BCUT2D eigenvalue weighted by Crippen LogP contribution is 2.06. The van der Waals surface area contributed by atoms with E-state index in [1.165, 1.54) is 0 Å². The fraction of sp³-hybridized carbons (Fsp3) is 0.667. The Kier molecular flexibility index (Phi) is 3.78. The lowest BCUT2D eigenvalue weighted by molar-refractivity contribution is 0.0921. The van der Waals surface area contributed by atoms with E-state index in [1.54, 1.807) is 4.68 Å². The van der Waals surface area contributed by atoms with Gasteiger partial charge in [-0.2, -0.15) is 5.10 Å². The summed E-state index contributed by atoms with van der Waals surface area (Å²) in [6.07, 6.45) is 3.03. The Labute approximate surface area is 102 Å². The van der Waals surface area contributed by atoms with Gasteiger partial charge in [-0.1, -0.05) is 6.92 Å². The van der Waals surface area contributed by atoms with Gasteiger partial charge in [0.05, 0.1) is 5.69 Å². The Balaban J connectivity index is 2.00. The molecule has 0 radical (unpaired) electrons. The van der Waals surface area contributed by atoms with Crippen molar-refractivity contribution in [1.29, 1.82) is 0 Å². The molecule has 2 heterocycles. The van der Waals surface area contributed by atoms with Crippen LogP contribution in [0.25, 0.3) is 0 Å². The number of carbonyl (C=O) groups excluding carboxylic acids is 1. The average Bonchev–Trinajstić information content (AvgIpc) is 2.72. The topological polar surface area (TPSA) is 59.0 Å². The van der Waals surface area contributed by atoms with Crippen LogP contribution in [0, 0.1) is 0 Å². The number of nitrogens with zero attached hydrogens (tertiary/aromatic N) is 2. The SMILES string of the molecule is CCc1cc(C(=O)N[C@H]2CCCNC2)n(C)n1. The molecule has 1 aromatic heterocycles. The van der Waals surface area contributed by atoms with Gasteiger partial charge in [0.15, 0.2) is 0 Å². The maximum Gasteiger partial charge on any atom is 0.269 e. The second kappa shape index (κ2) is 5.31. The van der Waals surface area contributed by atoms with E-state index < -0.39 is 0 Å². The number of aromatic nitrogens is 2. The minimum absolute atomic E-state index is 0.0200. The molecule has 0 bridgehead atoms. The second-order valence-corrected chi connectivity index (χ2v) is 4.51. The quantitative estimate of drug-likeness (QED) is 0.802. The van der Waals surface area contributed by atoms with Gasteiger partial charge in [-0.05, 0) is 31.9 Å². The van der Waals surface area contributed by atoms with Crippen LogP contribution in [-0.2, 0) is 13.5 Å². The first-order valence-electron chi connectivity index (χ1n) is 6.25. The van der Waals surface area contributed by atoms with Crippen molar-refractivity contribution in [3.05, 3.63) is 17.5 Å². The first kappa shape index (κ1) is 12.1. The zero-order valence-corrected chi connectivity index (χ0v) is 10.5. The number of amides is 1. The van der Waals surface area contributed by atoms with Gasteiger partial charge >= 0.3 is 0 Å². The fourth-order valence-electron chi connectivity index (χ4n) is 2.15. The van der Waals surface area contributed by atoms with Crippen LogP contribution in [0.1, 0.15) is 35.9 Å². The lowest BCUT2D eigenvalue weighted by atomic mass is 10.1. The van der Waals surface area contributed by atoms with E-state index in [0.717, 1.165) is 38.0 Å². The van der Waals surface area contributed by atoms with E-state index in [2.05, 4.69) is 15.7 Å². The third-order valence-corrected chi connectivity index (χ3v) is 3.16. The highest BCUT2D eigenvalue weighted by atomic mass is 16.2. The molecule has 1 atom stereocenters. The number of hydrogen-bond acceptors (Lipinski definition) is 3. The van der Waals surface area contributed by atoms with Crippen molar-refractivity contribution < 1.29 is 4.79 Å². The molecule has 1 saturated heterocycles. The number of piperidine rings is 1. The molecule has 94 valence electrons.